The number of hydrogen-bond acceptors (Lipinski definition) is 4. The number of nitrogens with zero attached hydrogens (tertiary/aromatic N) is 2. The van der Waals surface area contributed by atoms with Crippen LogP contribution in [0.1, 0.15) is 57.6 Å². The smallest absolute Gasteiger partial charge is 0.410 e. The predicted octanol–water partition coefficient (Wildman–Crippen LogP) is 3.97. The van der Waals surface area contributed by atoms with Gasteiger partial charge in [-0.05, 0) is 50.8 Å². The number of benzene rings is 1. The lowest BCUT2D eigenvalue weighted by molar-refractivity contribution is -0.117. The third-order valence-corrected chi connectivity index (χ3v) is 6.34. The number of anilines is 1. The molecule has 0 spiro atoms. The topological polar surface area (TPSA) is 53.0 Å². The van der Waals surface area contributed by atoms with Crippen molar-refractivity contribution < 1.29 is 14.6 Å². The molecule has 5 heteroatoms. The number of rotatable bonds is 4. The highest BCUT2D eigenvalue weighted by Gasteiger charge is 2.50. The molecule has 2 fully saturated rings. The van der Waals surface area contributed by atoms with Crippen molar-refractivity contribution in [2.75, 3.05) is 31.6 Å². The van der Waals surface area contributed by atoms with Crippen LogP contribution >= 0.6 is 0 Å². The number of aliphatic hydroxyl groups is 1. The highest BCUT2D eigenvalue weighted by Crippen LogP contribution is 2.49. The number of fused-ring (bicyclic) bond motifs is 1. The van der Waals surface area contributed by atoms with E-state index in [1.165, 1.54) is 12.8 Å². The molecule has 1 aliphatic carbocycles. The summed E-state index contributed by atoms with van der Waals surface area (Å²) in [4.78, 5) is 16.5. The van der Waals surface area contributed by atoms with Crippen LogP contribution in [0.4, 0.5) is 10.5 Å². The van der Waals surface area contributed by atoms with E-state index >= 15 is 0 Å². The Morgan fingerprint density at radius 2 is 1.92 bits per heavy atom. The molecule has 1 saturated heterocycles. The van der Waals surface area contributed by atoms with E-state index in [-0.39, 0.29) is 18.1 Å². The summed E-state index contributed by atoms with van der Waals surface area (Å²) in [5.74, 6) is 0.0726. The fourth-order valence-corrected chi connectivity index (χ4v) is 4.89. The van der Waals surface area contributed by atoms with Crippen molar-refractivity contribution in [3.05, 3.63) is 29.8 Å². The van der Waals surface area contributed by atoms with Gasteiger partial charge < -0.3 is 19.6 Å². The molecule has 0 unspecified atom stereocenters. The highest BCUT2D eigenvalue weighted by molar-refractivity contribution is 5.68. The maximum absolute atomic E-state index is 12.4. The van der Waals surface area contributed by atoms with Crippen molar-refractivity contribution in [1.29, 1.82) is 0 Å². The standard InChI is InChI=1S/C21H32N2O3/c1-4-22(5-2)17-11-9-16(10-12-17)19-18-8-6-7-13-21(18,25)14-15-23(19)20(24)26-3/h9-12,18-19,25H,4-8,13-15H2,1-3H3/t18-,19+,21-/m0/s1. The van der Waals surface area contributed by atoms with Crippen molar-refractivity contribution in [3.63, 3.8) is 0 Å². The number of carbonyl (C=O) groups excluding carboxylic acids is 1. The molecule has 1 aromatic carbocycles. The highest BCUT2D eigenvalue weighted by atomic mass is 16.5. The second kappa shape index (κ2) is 7.87. The van der Waals surface area contributed by atoms with Crippen LogP contribution in [0, 0.1) is 5.92 Å². The number of likely N-dealkylation sites (tertiary alicyclic amines) is 1. The number of carbonyl (C=O) groups is 1. The fraction of sp³-hybridized carbons (Fsp3) is 0.667. The van der Waals surface area contributed by atoms with Crippen LogP contribution in [0.3, 0.4) is 0 Å². The Hall–Kier alpha value is -1.75. The Kier molecular flexibility index (Phi) is 5.76. The minimum atomic E-state index is -0.662. The number of amides is 1. The molecule has 1 heterocycles. The van der Waals surface area contributed by atoms with Crippen LogP contribution in [0.5, 0.6) is 0 Å². The summed E-state index contributed by atoms with van der Waals surface area (Å²) >= 11 is 0. The second-order valence-electron chi connectivity index (χ2n) is 7.58. The average Bonchev–Trinajstić information content (AvgIpc) is 2.67. The molecule has 1 N–H and O–H groups in total. The van der Waals surface area contributed by atoms with Gasteiger partial charge in [-0.1, -0.05) is 25.0 Å². The first-order valence-electron chi connectivity index (χ1n) is 9.96. The van der Waals surface area contributed by atoms with Crippen molar-refractivity contribution in [2.24, 2.45) is 5.92 Å². The van der Waals surface area contributed by atoms with E-state index < -0.39 is 5.60 Å². The maximum Gasteiger partial charge on any atom is 0.410 e. The van der Waals surface area contributed by atoms with E-state index in [0.717, 1.165) is 44.3 Å². The van der Waals surface area contributed by atoms with Gasteiger partial charge in [-0.15, -0.1) is 0 Å². The van der Waals surface area contributed by atoms with Gasteiger partial charge in [0.15, 0.2) is 0 Å². The third kappa shape index (κ3) is 3.41. The lowest BCUT2D eigenvalue weighted by Gasteiger charge is -2.52. The molecule has 2 aliphatic rings. The third-order valence-electron chi connectivity index (χ3n) is 6.34. The van der Waals surface area contributed by atoms with Crippen molar-refractivity contribution in [3.8, 4) is 0 Å². The summed E-state index contributed by atoms with van der Waals surface area (Å²) in [7, 11) is 1.44. The molecular formula is C21H32N2O3. The zero-order chi connectivity index (χ0) is 18.7. The normalized spacial score (nSPS) is 28.4. The molecule has 0 bridgehead atoms. The lowest BCUT2D eigenvalue weighted by Crippen LogP contribution is -2.56. The van der Waals surface area contributed by atoms with Crippen LogP contribution < -0.4 is 4.90 Å². The number of ether oxygens (including phenoxy) is 1. The van der Waals surface area contributed by atoms with E-state index in [1.54, 1.807) is 0 Å². The first kappa shape index (κ1) is 19.0. The van der Waals surface area contributed by atoms with Gasteiger partial charge in [-0.2, -0.15) is 0 Å². The Bertz CT molecular complexity index is 614. The molecule has 1 aromatic rings. The van der Waals surface area contributed by atoms with Gasteiger partial charge >= 0.3 is 6.09 Å². The number of methoxy groups -OCH3 is 1. The second-order valence-corrected chi connectivity index (χ2v) is 7.58. The fourth-order valence-electron chi connectivity index (χ4n) is 4.89. The minimum absolute atomic E-state index is 0.0726. The Labute approximate surface area is 156 Å². The van der Waals surface area contributed by atoms with E-state index in [0.29, 0.717) is 13.0 Å². The van der Waals surface area contributed by atoms with Crippen molar-refractivity contribution >= 4 is 11.8 Å². The Morgan fingerprint density at radius 1 is 1.23 bits per heavy atom. The van der Waals surface area contributed by atoms with Crippen molar-refractivity contribution in [1.82, 2.24) is 4.90 Å². The molecule has 3 rings (SSSR count). The first-order chi connectivity index (χ1) is 12.5. The molecule has 26 heavy (non-hydrogen) atoms. The molecule has 144 valence electrons. The summed E-state index contributed by atoms with van der Waals surface area (Å²) < 4.78 is 5.05. The molecule has 3 atom stereocenters. The van der Waals surface area contributed by atoms with Gasteiger partial charge in [-0.25, -0.2) is 4.79 Å². The molecule has 1 saturated carbocycles. The monoisotopic (exact) mass is 360 g/mol. The Morgan fingerprint density at radius 3 is 2.54 bits per heavy atom. The minimum Gasteiger partial charge on any atom is -0.453 e. The van der Waals surface area contributed by atoms with Gasteiger partial charge in [0, 0.05) is 31.2 Å². The number of piperidine rings is 1. The van der Waals surface area contributed by atoms with E-state index in [4.69, 9.17) is 4.74 Å². The molecular weight excluding hydrogens is 328 g/mol. The quantitative estimate of drug-likeness (QED) is 0.883. The zero-order valence-corrected chi connectivity index (χ0v) is 16.3. The molecule has 1 amide bonds. The first-order valence-corrected chi connectivity index (χ1v) is 9.96. The summed E-state index contributed by atoms with van der Waals surface area (Å²) in [6.45, 7) is 6.79. The zero-order valence-electron chi connectivity index (χ0n) is 16.3. The lowest BCUT2D eigenvalue weighted by atomic mass is 9.66. The summed E-state index contributed by atoms with van der Waals surface area (Å²) in [5, 5.41) is 11.2. The predicted molar refractivity (Wildman–Crippen MR) is 103 cm³/mol. The van der Waals surface area contributed by atoms with Crippen molar-refractivity contribution in [2.45, 2.75) is 57.6 Å². The van der Waals surface area contributed by atoms with Gasteiger partial charge in [0.1, 0.15) is 0 Å². The largest absolute Gasteiger partial charge is 0.453 e. The van der Waals surface area contributed by atoms with Gasteiger partial charge in [0.2, 0.25) is 0 Å². The van der Waals surface area contributed by atoms with Crippen LogP contribution in [-0.2, 0) is 4.74 Å². The average molecular weight is 360 g/mol. The van der Waals surface area contributed by atoms with E-state index in [2.05, 4.69) is 43.0 Å². The number of hydrogen-bond donors (Lipinski definition) is 1. The summed E-state index contributed by atoms with van der Waals surface area (Å²) in [5.41, 5.74) is 1.62. The van der Waals surface area contributed by atoms with Gasteiger partial charge in [-0.3, -0.25) is 0 Å². The van der Waals surface area contributed by atoms with Crippen LogP contribution in [0.25, 0.3) is 0 Å². The van der Waals surface area contributed by atoms with Crippen LogP contribution in [0.2, 0.25) is 0 Å². The molecule has 0 radical (unpaired) electrons. The molecule has 0 aromatic heterocycles. The molecule has 5 nitrogen and oxygen atoms in total. The van der Waals surface area contributed by atoms with E-state index in [9.17, 15) is 9.90 Å². The van der Waals surface area contributed by atoms with E-state index in [1.807, 2.05) is 4.90 Å². The van der Waals surface area contributed by atoms with Crippen LogP contribution in [-0.4, -0.2) is 48.4 Å². The maximum atomic E-state index is 12.4. The summed E-state index contributed by atoms with van der Waals surface area (Å²) in [6.07, 6.45) is 4.30. The van der Waals surface area contributed by atoms with Gasteiger partial charge in [0.05, 0.1) is 18.8 Å². The van der Waals surface area contributed by atoms with Gasteiger partial charge in [0.25, 0.3) is 0 Å². The SMILES string of the molecule is CCN(CC)c1ccc([C@@H]2[C@@H]3CCCC[C@]3(O)CCN2C(=O)OC)cc1. The Balaban J connectivity index is 1.94. The summed E-state index contributed by atoms with van der Waals surface area (Å²) in [6, 6.07) is 8.39. The molecule has 1 aliphatic heterocycles. The van der Waals surface area contributed by atoms with Crippen LogP contribution in [0.15, 0.2) is 24.3 Å².